The van der Waals surface area contributed by atoms with Crippen LogP contribution >= 0.6 is 0 Å². The molecular formula is C20H15N5O3. The van der Waals surface area contributed by atoms with Crippen molar-refractivity contribution in [3.63, 3.8) is 0 Å². The zero-order valence-corrected chi connectivity index (χ0v) is 14.6. The summed E-state index contributed by atoms with van der Waals surface area (Å²) in [6, 6.07) is 13.8. The van der Waals surface area contributed by atoms with E-state index in [0.717, 1.165) is 5.56 Å². The maximum absolute atomic E-state index is 11.2. The van der Waals surface area contributed by atoms with Crippen molar-refractivity contribution < 1.29 is 9.66 Å². The first kappa shape index (κ1) is 17.3. The molecule has 0 spiro atoms. The van der Waals surface area contributed by atoms with Gasteiger partial charge >= 0.3 is 0 Å². The van der Waals surface area contributed by atoms with Crippen molar-refractivity contribution in [3.8, 4) is 17.1 Å². The molecule has 2 heterocycles. The number of nitrogens with two attached hydrogens (primary N) is 1. The predicted molar refractivity (Wildman–Crippen MR) is 105 cm³/mol. The zero-order valence-electron chi connectivity index (χ0n) is 14.6. The Hall–Kier alpha value is -4.07. The minimum Gasteiger partial charge on any atom is -0.488 e. The fourth-order valence-corrected chi connectivity index (χ4v) is 2.94. The van der Waals surface area contributed by atoms with Crippen LogP contribution in [0.3, 0.4) is 0 Å². The van der Waals surface area contributed by atoms with Gasteiger partial charge in [0.2, 0.25) is 0 Å². The maximum atomic E-state index is 11.2. The lowest BCUT2D eigenvalue weighted by Crippen LogP contribution is -2.00. The number of anilines is 1. The molecule has 8 heteroatoms. The van der Waals surface area contributed by atoms with Crippen LogP contribution in [-0.2, 0) is 6.61 Å². The van der Waals surface area contributed by atoms with Gasteiger partial charge in [-0.2, -0.15) is 0 Å². The lowest BCUT2D eigenvalue weighted by atomic mass is 10.1. The number of hydrogen-bond acceptors (Lipinski definition) is 7. The van der Waals surface area contributed by atoms with Gasteiger partial charge in [-0.1, -0.05) is 18.2 Å². The van der Waals surface area contributed by atoms with Gasteiger partial charge in [-0.05, 0) is 29.8 Å². The van der Waals surface area contributed by atoms with E-state index in [1.54, 1.807) is 36.7 Å². The number of ether oxygens (including phenoxy) is 1. The van der Waals surface area contributed by atoms with Crippen LogP contribution in [0.25, 0.3) is 22.2 Å². The molecule has 2 aromatic heterocycles. The van der Waals surface area contributed by atoms with Crippen molar-refractivity contribution in [2.45, 2.75) is 6.61 Å². The van der Waals surface area contributed by atoms with Crippen LogP contribution in [0.4, 0.5) is 11.5 Å². The molecular weight excluding hydrogens is 358 g/mol. The Labute approximate surface area is 159 Å². The molecule has 0 fully saturated rings. The molecule has 0 bridgehead atoms. The Balaban J connectivity index is 1.62. The third-order valence-corrected chi connectivity index (χ3v) is 4.25. The lowest BCUT2D eigenvalue weighted by molar-refractivity contribution is -0.383. The number of nitro benzene ring substituents is 1. The number of fused-ring (bicyclic) bond motifs is 1. The molecule has 0 radical (unpaired) electrons. The molecule has 8 nitrogen and oxygen atoms in total. The zero-order chi connectivity index (χ0) is 19.5. The summed E-state index contributed by atoms with van der Waals surface area (Å²) in [7, 11) is 0. The number of aromatic nitrogens is 3. The quantitative estimate of drug-likeness (QED) is 0.418. The van der Waals surface area contributed by atoms with E-state index < -0.39 is 4.92 Å². The summed E-state index contributed by atoms with van der Waals surface area (Å²) in [6.07, 6.45) is 4.72. The van der Waals surface area contributed by atoms with Gasteiger partial charge in [-0.15, -0.1) is 0 Å². The first-order valence-electron chi connectivity index (χ1n) is 8.44. The Morgan fingerprint density at radius 3 is 2.54 bits per heavy atom. The first-order chi connectivity index (χ1) is 13.6. The summed E-state index contributed by atoms with van der Waals surface area (Å²) in [4.78, 5) is 23.4. The highest BCUT2D eigenvalue weighted by Crippen LogP contribution is 2.33. The number of pyridine rings is 1. The Bertz CT molecular complexity index is 1180. The summed E-state index contributed by atoms with van der Waals surface area (Å²) in [5.41, 5.74) is 7.88. The van der Waals surface area contributed by atoms with Crippen LogP contribution in [0.1, 0.15) is 5.56 Å². The average Bonchev–Trinajstić information content (AvgIpc) is 2.72. The molecule has 4 aromatic rings. The normalized spacial score (nSPS) is 10.7. The molecule has 2 N–H and O–H groups in total. The number of benzene rings is 2. The Morgan fingerprint density at radius 1 is 0.964 bits per heavy atom. The third kappa shape index (κ3) is 3.30. The standard InChI is InChI=1S/C20H15N5O3/c21-20-19(23-9-10-24-20)16-11-13(7-8-22-16)12-28-18-6-5-17(25(26)27)14-3-1-2-4-15(14)18/h1-11H,12H2,(H2,21,24). The SMILES string of the molecule is Nc1nccnc1-c1cc(COc2ccc([N+](=O)[O-])c3ccccc23)ccn1. The predicted octanol–water partition coefficient (Wildman–Crippen LogP) is 3.76. The van der Waals surface area contributed by atoms with Crippen LogP contribution < -0.4 is 10.5 Å². The topological polar surface area (TPSA) is 117 Å². The number of nitro groups is 1. The van der Waals surface area contributed by atoms with E-state index in [4.69, 9.17) is 10.5 Å². The molecule has 0 amide bonds. The van der Waals surface area contributed by atoms with Gasteiger partial charge < -0.3 is 10.5 Å². The number of rotatable bonds is 5. The summed E-state index contributed by atoms with van der Waals surface area (Å²) < 4.78 is 5.94. The summed E-state index contributed by atoms with van der Waals surface area (Å²) in [6.45, 7) is 0.261. The number of hydrogen-bond donors (Lipinski definition) is 1. The van der Waals surface area contributed by atoms with Crippen LogP contribution in [0.2, 0.25) is 0 Å². The van der Waals surface area contributed by atoms with E-state index in [1.807, 2.05) is 18.2 Å². The molecule has 0 unspecified atom stereocenters. The van der Waals surface area contributed by atoms with Gasteiger partial charge in [0, 0.05) is 30.0 Å². The van der Waals surface area contributed by atoms with Crippen molar-refractivity contribution >= 4 is 22.3 Å². The molecule has 28 heavy (non-hydrogen) atoms. The second kappa shape index (κ2) is 7.28. The van der Waals surface area contributed by atoms with Crippen LogP contribution in [-0.4, -0.2) is 19.9 Å². The average molecular weight is 373 g/mol. The number of nitrogens with zero attached hydrogens (tertiary/aromatic N) is 4. The highest BCUT2D eigenvalue weighted by Gasteiger charge is 2.15. The molecule has 0 aliphatic heterocycles. The molecule has 0 saturated heterocycles. The van der Waals surface area contributed by atoms with Crippen LogP contribution in [0, 0.1) is 10.1 Å². The van der Waals surface area contributed by atoms with Crippen molar-refractivity contribution in [3.05, 3.63) is 82.8 Å². The van der Waals surface area contributed by atoms with Gasteiger partial charge in [0.15, 0.2) is 5.82 Å². The van der Waals surface area contributed by atoms with E-state index in [9.17, 15) is 10.1 Å². The third-order valence-electron chi connectivity index (χ3n) is 4.25. The highest BCUT2D eigenvalue weighted by atomic mass is 16.6. The molecule has 0 aliphatic rings. The van der Waals surface area contributed by atoms with Crippen molar-refractivity contribution in [1.29, 1.82) is 0 Å². The van der Waals surface area contributed by atoms with Gasteiger partial charge in [-0.3, -0.25) is 15.1 Å². The van der Waals surface area contributed by atoms with E-state index in [2.05, 4.69) is 15.0 Å². The Morgan fingerprint density at radius 2 is 1.75 bits per heavy atom. The van der Waals surface area contributed by atoms with Gasteiger partial charge in [0.1, 0.15) is 18.1 Å². The second-order valence-corrected chi connectivity index (χ2v) is 6.01. The minimum atomic E-state index is -0.396. The number of non-ortho nitro benzene ring substituents is 1. The second-order valence-electron chi connectivity index (χ2n) is 6.01. The van der Waals surface area contributed by atoms with E-state index in [1.165, 1.54) is 12.3 Å². The molecule has 0 atom stereocenters. The van der Waals surface area contributed by atoms with Crippen LogP contribution in [0.15, 0.2) is 67.1 Å². The minimum absolute atomic E-state index is 0.0484. The van der Waals surface area contributed by atoms with Crippen molar-refractivity contribution in [2.24, 2.45) is 0 Å². The lowest BCUT2D eigenvalue weighted by Gasteiger charge is -2.10. The highest BCUT2D eigenvalue weighted by molar-refractivity contribution is 5.95. The maximum Gasteiger partial charge on any atom is 0.277 e. The van der Waals surface area contributed by atoms with Crippen LogP contribution in [0.5, 0.6) is 5.75 Å². The first-order valence-corrected chi connectivity index (χ1v) is 8.44. The molecule has 0 aliphatic carbocycles. The van der Waals surface area contributed by atoms with E-state index >= 15 is 0 Å². The van der Waals surface area contributed by atoms with Crippen molar-refractivity contribution in [2.75, 3.05) is 5.73 Å². The van der Waals surface area contributed by atoms with E-state index in [-0.39, 0.29) is 12.3 Å². The number of nitrogen functional groups attached to an aromatic ring is 1. The molecule has 138 valence electrons. The largest absolute Gasteiger partial charge is 0.488 e. The summed E-state index contributed by atoms with van der Waals surface area (Å²) >= 11 is 0. The summed E-state index contributed by atoms with van der Waals surface area (Å²) in [5.74, 6) is 0.869. The van der Waals surface area contributed by atoms with Crippen molar-refractivity contribution in [1.82, 2.24) is 15.0 Å². The Kier molecular flexibility index (Phi) is 4.51. The van der Waals surface area contributed by atoms with E-state index in [0.29, 0.717) is 33.7 Å². The van der Waals surface area contributed by atoms with Gasteiger partial charge in [0.05, 0.1) is 16.0 Å². The summed E-state index contributed by atoms with van der Waals surface area (Å²) in [5, 5.41) is 12.5. The van der Waals surface area contributed by atoms with Gasteiger partial charge in [0.25, 0.3) is 5.69 Å². The molecule has 0 saturated carbocycles. The van der Waals surface area contributed by atoms with Gasteiger partial charge in [-0.25, -0.2) is 9.97 Å². The fraction of sp³-hybridized carbons (Fsp3) is 0.0500. The smallest absolute Gasteiger partial charge is 0.277 e. The molecule has 4 rings (SSSR count). The fourth-order valence-electron chi connectivity index (χ4n) is 2.94. The monoisotopic (exact) mass is 373 g/mol. The molecule has 2 aromatic carbocycles.